The first-order chi connectivity index (χ1) is 18.3. The van der Waals surface area contributed by atoms with E-state index in [0.717, 1.165) is 18.4 Å². The summed E-state index contributed by atoms with van der Waals surface area (Å²) < 4.78 is 85.3. The number of nitrogens with one attached hydrogen (secondary N) is 3. The summed E-state index contributed by atoms with van der Waals surface area (Å²) in [6, 6.07) is 6.69. The number of anilines is 1. The molecule has 0 bridgehead atoms. The van der Waals surface area contributed by atoms with Crippen molar-refractivity contribution in [2.45, 2.75) is 50.5 Å². The van der Waals surface area contributed by atoms with Crippen molar-refractivity contribution in [1.29, 1.82) is 0 Å². The molecule has 3 N–H and O–H groups in total. The van der Waals surface area contributed by atoms with E-state index in [1.54, 1.807) is 12.1 Å². The highest BCUT2D eigenvalue weighted by molar-refractivity contribution is 5.95. The molecule has 39 heavy (non-hydrogen) atoms. The van der Waals surface area contributed by atoms with Crippen LogP contribution in [0.4, 0.5) is 32.0 Å². The molecule has 1 saturated carbocycles. The third kappa shape index (κ3) is 5.85. The Hall–Kier alpha value is -3.28. The molecule has 3 aliphatic rings. The highest BCUT2D eigenvalue weighted by Crippen LogP contribution is 2.50. The third-order valence-electron chi connectivity index (χ3n) is 7.71. The minimum atomic E-state index is -4.97. The first-order valence-electron chi connectivity index (χ1n) is 12.7. The SMILES string of the molecule is O=C1COc2ccc(C(CC3CC3)C3(C(=O)NCc4cc(C(F)(F)F)cc(C(F)(F)F)c4)CCNC3)cc2N1. The first kappa shape index (κ1) is 27.3. The molecule has 2 fully saturated rings. The lowest BCUT2D eigenvalue weighted by molar-refractivity contribution is -0.143. The van der Waals surface area contributed by atoms with Gasteiger partial charge in [0.2, 0.25) is 5.91 Å². The van der Waals surface area contributed by atoms with Gasteiger partial charge in [-0.3, -0.25) is 9.59 Å². The standard InChI is InChI=1S/C27H27F6N3O3/c28-26(29,30)18-7-16(8-19(11-18)27(31,32)33)12-35-24(38)25(5-6-34-14-25)20(9-15-1-2-15)17-3-4-22-21(10-17)36-23(37)13-39-22/h3-4,7-8,10-11,15,20,34H,1-2,5-6,9,12-14H2,(H,35,38)(H,36,37). The molecule has 6 nitrogen and oxygen atoms in total. The predicted molar refractivity (Wildman–Crippen MR) is 129 cm³/mol. The third-order valence-corrected chi connectivity index (χ3v) is 7.71. The van der Waals surface area contributed by atoms with Crippen LogP contribution in [-0.4, -0.2) is 31.5 Å². The summed E-state index contributed by atoms with van der Waals surface area (Å²) in [5.41, 5.74) is -2.82. The smallest absolute Gasteiger partial charge is 0.416 e. The van der Waals surface area contributed by atoms with Gasteiger partial charge in [0.1, 0.15) is 5.75 Å². The van der Waals surface area contributed by atoms with E-state index < -0.39 is 41.3 Å². The Kier molecular flexibility index (Phi) is 7.02. The van der Waals surface area contributed by atoms with Gasteiger partial charge in [-0.2, -0.15) is 26.3 Å². The van der Waals surface area contributed by atoms with E-state index in [0.29, 0.717) is 55.4 Å². The summed E-state index contributed by atoms with van der Waals surface area (Å²) in [5, 5.41) is 8.63. The number of amides is 2. The zero-order valence-electron chi connectivity index (χ0n) is 20.8. The van der Waals surface area contributed by atoms with Gasteiger partial charge in [0.05, 0.1) is 22.2 Å². The minimum absolute atomic E-state index is 0.0674. The Balaban J connectivity index is 1.44. The average Bonchev–Trinajstić information content (AvgIpc) is 3.57. The molecule has 2 aliphatic heterocycles. The second kappa shape index (κ2) is 10.0. The summed E-state index contributed by atoms with van der Waals surface area (Å²) in [7, 11) is 0. The molecule has 2 atom stereocenters. The van der Waals surface area contributed by atoms with Gasteiger partial charge in [-0.1, -0.05) is 18.9 Å². The maximum absolute atomic E-state index is 13.8. The first-order valence-corrected chi connectivity index (χ1v) is 12.7. The Morgan fingerprint density at radius 3 is 2.33 bits per heavy atom. The van der Waals surface area contributed by atoms with E-state index in [-0.39, 0.29) is 30.1 Å². The Bertz CT molecular complexity index is 1230. The number of carbonyl (C=O) groups excluding carboxylic acids is 2. The fourth-order valence-electron chi connectivity index (χ4n) is 5.53. The van der Waals surface area contributed by atoms with E-state index in [9.17, 15) is 35.9 Å². The second-order valence-corrected chi connectivity index (χ2v) is 10.5. The zero-order chi connectivity index (χ0) is 28.0. The number of alkyl halides is 6. The molecular weight excluding hydrogens is 528 g/mol. The molecule has 2 unspecified atom stereocenters. The quantitative estimate of drug-likeness (QED) is 0.409. The monoisotopic (exact) mass is 555 g/mol. The number of rotatable bonds is 7. The lowest BCUT2D eigenvalue weighted by Crippen LogP contribution is -2.46. The highest BCUT2D eigenvalue weighted by atomic mass is 19.4. The average molecular weight is 556 g/mol. The molecule has 5 rings (SSSR count). The van der Waals surface area contributed by atoms with Gasteiger partial charge < -0.3 is 20.7 Å². The summed E-state index contributed by atoms with van der Waals surface area (Å²) >= 11 is 0. The van der Waals surface area contributed by atoms with Crippen LogP contribution in [-0.2, 0) is 28.5 Å². The van der Waals surface area contributed by atoms with Crippen molar-refractivity contribution in [2.75, 3.05) is 25.0 Å². The molecule has 2 aromatic carbocycles. The molecule has 0 aromatic heterocycles. The predicted octanol–water partition coefficient (Wildman–Crippen LogP) is 5.23. The molecular formula is C27H27F6N3O3. The van der Waals surface area contributed by atoms with Gasteiger partial charge in [0.25, 0.3) is 5.91 Å². The van der Waals surface area contributed by atoms with Crippen molar-refractivity contribution in [2.24, 2.45) is 11.3 Å². The van der Waals surface area contributed by atoms with Gasteiger partial charge in [-0.05, 0) is 72.7 Å². The number of carbonyl (C=O) groups is 2. The fraction of sp³-hybridized carbons (Fsp3) is 0.481. The largest absolute Gasteiger partial charge is 0.482 e. The summed E-state index contributed by atoms with van der Waals surface area (Å²) in [4.78, 5) is 25.6. The molecule has 2 aromatic rings. The van der Waals surface area contributed by atoms with E-state index in [1.165, 1.54) is 0 Å². The summed E-state index contributed by atoms with van der Waals surface area (Å²) in [5.74, 6) is -0.122. The molecule has 1 aliphatic carbocycles. The number of ether oxygens (including phenoxy) is 1. The summed E-state index contributed by atoms with van der Waals surface area (Å²) in [6.07, 6.45) is -6.81. The Morgan fingerprint density at radius 1 is 1.05 bits per heavy atom. The van der Waals surface area contributed by atoms with E-state index in [1.807, 2.05) is 6.07 Å². The van der Waals surface area contributed by atoms with Gasteiger partial charge >= 0.3 is 12.4 Å². The van der Waals surface area contributed by atoms with Gasteiger partial charge in [0, 0.05) is 13.1 Å². The van der Waals surface area contributed by atoms with E-state index >= 15 is 0 Å². The van der Waals surface area contributed by atoms with Crippen LogP contribution in [0.2, 0.25) is 0 Å². The van der Waals surface area contributed by atoms with Crippen LogP contribution in [0.3, 0.4) is 0 Å². The minimum Gasteiger partial charge on any atom is -0.482 e. The van der Waals surface area contributed by atoms with Crippen molar-refractivity contribution in [3.05, 3.63) is 58.7 Å². The van der Waals surface area contributed by atoms with Crippen LogP contribution in [0.1, 0.15) is 53.9 Å². The topological polar surface area (TPSA) is 79.5 Å². The number of hydrogen-bond donors (Lipinski definition) is 3. The van der Waals surface area contributed by atoms with Crippen molar-refractivity contribution in [1.82, 2.24) is 10.6 Å². The molecule has 0 spiro atoms. The van der Waals surface area contributed by atoms with Crippen molar-refractivity contribution in [3.63, 3.8) is 0 Å². The van der Waals surface area contributed by atoms with E-state index in [4.69, 9.17) is 4.74 Å². The van der Waals surface area contributed by atoms with E-state index in [2.05, 4.69) is 16.0 Å². The second-order valence-electron chi connectivity index (χ2n) is 10.5. The van der Waals surface area contributed by atoms with Crippen molar-refractivity contribution in [3.8, 4) is 5.75 Å². The van der Waals surface area contributed by atoms with Crippen LogP contribution in [0.5, 0.6) is 5.75 Å². The normalized spacial score (nSPS) is 22.1. The summed E-state index contributed by atoms with van der Waals surface area (Å²) in [6.45, 7) is 0.241. The molecule has 2 amide bonds. The van der Waals surface area contributed by atoms with Crippen LogP contribution < -0.4 is 20.7 Å². The van der Waals surface area contributed by atoms with Gasteiger partial charge in [-0.15, -0.1) is 0 Å². The number of fused-ring (bicyclic) bond motifs is 1. The highest BCUT2D eigenvalue weighted by Gasteiger charge is 2.50. The van der Waals surface area contributed by atoms with Crippen molar-refractivity contribution >= 4 is 17.5 Å². The molecule has 2 heterocycles. The van der Waals surface area contributed by atoms with Crippen LogP contribution >= 0.6 is 0 Å². The Labute approximate surface area is 220 Å². The van der Waals surface area contributed by atoms with Gasteiger partial charge in [-0.25, -0.2) is 0 Å². The maximum Gasteiger partial charge on any atom is 0.416 e. The van der Waals surface area contributed by atoms with Crippen LogP contribution in [0.25, 0.3) is 0 Å². The Morgan fingerprint density at radius 2 is 1.74 bits per heavy atom. The fourth-order valence-corrected chi connectivity index (χ4v) is 5.53. The molecule has 12 heteroatoms. The number of benzene rings is 2. The maximum atomic E-state index is 13.8. The van der Waals surface area contributed by atoms with Crippen LogP contribution in [0, 0.1) is 11.3 Å². The number of hydrogen-bond acceptors (Lipinski definition) is 4. The zero-order valence-corrected chi connectivity index (χ0v) is 20.8. The molecule has 1 saturated heterocycles. The lowest BCUT2D eigenvalue weighted by Gasteiger charge is -2.37. The van der Waals surface area contributed by atoms with Crippen molar-refractivity contribution < 1.29 is 40.7 Å². The number of halogens is 6. The van der Waals surface area contributed by atoms with Gasteiger partial charge in [0.15, 0.2) is 6.61 Å². The van der Waals surface area contributed by atoms with Crippen LogP contribution in [0.15, 0.2) is 36.4 Å². The molecule has 0 radical (unpaired) electrons. The lowest BCUT2D eigenvalue weighted by atomic mass is 9.68. The molecule has 210 valence electrons.